The van der Waals surface area contributed by atoms with Crippen molar-refractivity contribution in [3.63, 3.8) is 0 Å². The number of fused-ring (bicyclic) bond motifs is 1. The summed E-state index contributed by atoms with van der Waals surface area (Å²) in [6, 6.07) is 4.48. The number of allylic oxidation sites excluding steroid dienone is 1. The fourth-order valence-corrected chi connectivity index (χ4v) is 1.93. The van der Waals surface area contributed by atoms with E-state index in [0.717, 1.165) is 11.1 Å². The van der Waals surface area contributed by atoms with Crippen LogP contribution in [-0.2, 0) is 11.2 Å². The van der Waals surface area contributed by atoms with Crippen LogP contribution in [0.1, 0.15) is 19.4 Å². The second-order valence-corrected chi connectivity index (χ2v) is 4.66. The lowest BCUT2D eigenvalue weighted by atomic mass is 10.1. The molecule has 3 nitrogen and oxygen atoms in total. The first-order chi connectivity index (χ1) is 8.54. The Morgan fingerprint density at radius 1 is 1.56 bits per heavy atom. The van der Waals surface area contributed by atoms with Crippen molar-refractivity contribution in [3.05, 3.63) is 41.2 Å². The molecular weight excluding hydrogens is 233 g/mol. The molecule has 1 atom stereocenters. The van der Waals surface area contributed by atoms with E-state index < -0.39 is 0 Å². The van der Waals surface area contributed by atoms with Crippen LogP contribution in [-0.4, -0.2) is 18.6 Å². The van der Waals surface area contributed by atoms with Crippen LogP contribution in [0.4, 0.5) is 4.39 Å². The Kier molecular flexibility index (Phi) is 3.65. The molecule has 0 saturated heterocycles. The maximum Gasteiger partial charge on any atom is 0.244 e. The molecule has 1 aromatic carbocycles. The van der Waals surface area contributed by atoms with Crippen LogP contribution in [0, 0.1) is 5.82 Å². The van der Waals surface area contributed by atoms with Crippen LogP contribution in [0.25, 0.3) is 0 Å². The normalized spacial score (nSPS) is 16.7. The summed E-state index contributed by atoms with van der Waals surface area (Å²) in [5, 5.41) is 2.77. The molecule has 2 rings (SSSR count). The average molecular weight is 249 g/mol. The highest BCUT2D eigenvalue weighted by Gasteiger charge is 2.23. The average Bonchev–Trinajstić information content (AvgIpc) is 2.67. The molecule has 0 saturated carbocycles. The minimum atomic E-state index is -0.258. The van der Waals surface area contributed by atoms with Gasteiger partial charge in [0, 0.05) is 18.1 Å². The highest BCUT2D eigenvalue weighted by Crippen LogP contribution is 2.28. The van der Waals surface area contributed by atoms with E-state index in [9.17, 15) is 9.18 Å². The summed E-state index contributed by atoms with van der Waals surface area (Å²) in [6.07, 6.45) is 2.06. The van der Waals surface area contributed by atoms with Crippen LogP contribution in [0.2, 0.25) is 0 Å². The summed E-state index contributed by atoms with van der Waals surface area (Å²) in [5.41, 5.74) is 1.81. The van der Waals surface area contributed by atoms with Crippen molar-refractivity contribution in [2.75, 3.05) is 6.54 Å². The van der Waals surface area contributed by atoms with Crippen molar-refractivity contribution in [2.24, 2.45) is 0 Å². The third kappa shape index (κ3) is 3.09. The smallest absolute Gasteiger partial charge is 0.244 e. The van der Waals surface area contributed by atoms with E-state index in [1.807, 2.05) is 13.8 Å². The molecule has 0 spiro atoms. The van der Waals surface area contributed by atoms with Gasteiger partial charge in [-0.3, -0.25) is 4.79 Å². The van der Waals surface area contributed by atoms with Crippen molar-refractivity contribution in [1.29, 1.82) is 0 Å². The van der Waals surface area contributed by atoms with Gasteiger partial charge in [0.15, 0.2) is 0 Å². The number of carbonyl (C=O) groups is 1. The summed E-state index contributed by atoms with van der Waals surface area (Å²) in [4.78, 5) is 11.4. The molecule has 1 N–H and O–H groups in total. The molecule has 1 heterocycles. The predicted octanol–water partition coefficient (Wildman–Crippen LogP) is 2.21. The molecular formula is C14H16FNO2. The Bertz CT molecular complexity index is 493. The second-order valence-electron chi connectivity index (χ2n) is 4.66. The lowest BCUT2D eigenvalue weighted by Crippen LogP contribution is -2.33. The molecule has 0 bridgehead atoms. The minimum absolute atomic E-state index is 0.115. The summed E-state index contributed by atoms with van der Waals surface area (Å²) < 4.78 is 18.6. The molecule has 0 aliphatic carbocycles. The number of carbonyl (C=O) groups excluding carboxylic acids is 1. The zero-order chi connectivity index (χ0) is 13.1. The van der Waals surface area contributed by atoms with Gasteiger partial charge in [-0.2, -0.15) is 0 Å². The van der Waals surface area contributed by atoms with Crippen molar-refractivity contribution >= 4 is 5.91 Å². The molecule has 18 heavy (non-hydrogen) atoms. The van der Waals surface area contributed by atoms with Gasteiger partial charge in [0.05, 0.1) is 6.54 Å². The fraction of sp³-hybridized carbons (Fsp3) is 0.357. The topological polar surface area (TPSA) is 38.3 Å². The Morgan fingerprint density at radius 3 is 3.06 bits per heavy atom. The molecule has 0 fully saturated rings. The highest BCUT2D eigenvalue weighted by molar-refractivity contribution is 5.88. The molecule has 1 aliphatic heterocycles. The van der Waals surface area contributed by atoms with Gasteiger partial charge >= 0.3 is 0 Å². The van der Waals surface area contributed by atoms with E-state index in [2.05, 4.69) is 5.32 Å². The zero-order valence-electron chi connectivity index (χ0n) is 10.5. The van der Waals surface area contributed by atoms with Gasteiger partial charge in [0.25, 0.3) is 0 Å². The third-order valence-corrected chi connectivity index (χ3v) is 2.69. The standard InChI is InChI=1S/C14H16FNO2/c1-9(2)5-14(17)16-8-12-7-10-6-11(15)3-4-13(10)18-12/h3-6,12H,7-8H2,1-2H3,(H,16,17)/t12-/m1/s1. The summed E-state index contributed by atoms with van der Waals surface area (Å²) in [5.74, 6) is 0.324. The van der Waals surface area contributed by atoms with Crippen molar-refractivity contribution in [3.8, 4) is 5.75 Å². The number of benzene rings is 1. The van der Waals surface area contributed by atoms with Gasteiger partial charge in [-0.25, -0.2) is 4.39 Å². The molecule has 96 valence electrons. The lowest BCUT2D eigenvalue weighted by molar-refractivity contribution is -0.116. The predicted molar refractivity (Wildman–Crippen MR) is 67.0 cm³/mol. The van der Waals surface area contributed by atoms with Crippen LogP contribution < -0.4 is 10.1 Å². The van der Waals surface area contributed by atoms with E-state index in [4.69, 9.17) is 4.74 Å². The van der Waals surface area contributed by atoms with Crippen LogP contribution in [0.3, 0.4) is 0 Å². The van der Waals surface area contributed by atoms with Gasteiger partial charge in [-0.05, 0) is 32.0 Å². The largest absolute Gasteiger partial charge is 0.488 e. The third-order valence-electron chi connectivity index (χ3n) is 2.69. The van der Waals surface area contributed by atoms with Gasteiger partial charge < -0.3 is 10.1 Å². The molecule has 0 radical (unpaired) electrons. The monoisotopic (exact) mass is 249 g/mol. The van der Waals surface area contributed by atoms with Gasteiger partial charge in [0.2, 0.25) is 5.91 Å². The maximum absolute atomic E-state index is 13.0. The zero-order valence-corrected chi connectivity index (χ0v) is 10.5. The number of halogens is 1. The number of amides is 1. The molecule has 0 unspecified atom stereocenters. The molecule has 1 aliphatic rings. The van der Waals surface area contributed by atoms with Crippen molar-refractivity contribution < 1.29 is 13.9 Å². The SMILES string of the molecule is CC(C)=CC(=O)NC[C@H]1Cc2cc(F)ccc2O1. The van der Waals surface area contributed by atoms with Gasteiger partial charge in [0.1, 0.15) is 17.7 Å². The van der Waals surface area contributed by atoms with Crippen molar-refractivity contribution in [1.82, 2.24) is 5.32 Å². The van der Waals surface area contributed by atoms with Crippen LogP contribution >= 0.6 is 0 Å². The van der Waals surface area contributed by atoms with Crippen molar-refractivity contribution in [2.45, 2.75) is 26.4 Å². The van der Waals surface area contributed by atoms with E-state index in [0.29, 0.717) is 18.7 Å². The number of ether oxygens (including phenoxy) is 1. The first-order valence-corrected chi connectivity index (χ1v) is 5.92. The van der Waals surface area contributed by atoms with Crippen LogP contribution in [0.15, 0.2) is 29.8 Å². The summed E-state index contributed by atoms with van der Waals surface area (Å²) in [7, 11) is 0. The number of nitrogens with one attached hydrogen (secondary N) is 1. The quantitative estimate of drug-likeness (QED) is 0.834. The number of rotatable bonds is 3. The first kappa shape index (κ1) is 12.6. The van der Waals surface area contributed by atoms with E-state index in [1.165, 1.54) is 12.1 Å². The highest BCUT2D eigenvalue weighted by atomic mass is 19.1. The second kappa shape index (κ2) is 5.21. The minimum Gasteiger partial charge on any atom is -0.488 e. The van der Waals surface area contributed by atoms with Gasteiger partial charge in [-0.1, -0.05) is 5.57 Å². The Balaban J connectivity index is 1.88. The van der Waals surface area contributed by atoms with E-state index >= 15 is 0 Å². The maximum atomic E-state index is 13.0. The fourth-order valence-electron chi connectivity index (χ4n) is 1.93. The molecule has 0 aromatic heterocycles. The summed E-state index contributed by atoms with van der Waals surface area (Å²) in [6.45, 7) is 4.16. The van der Waals surface area contributed by atoms with Crippen LogP contribution in [0.5, 0.6) is 5.75 Å². The molecule has 1 amide bonds. The van der Waals surface area contributed by atoms with E-state index in [1.54, 1.807) is 12.1 Å². The molecule has 1 aromatic rings. The summed E-state index contributed by atoms with van der Waals surface area (Å²) >= 11 is 0. The lowest BCUT2D eigenvalue weighted by Gasteiger charge is -2.10. The Labute approximate surface area is 106 Å². The Morgan fingerprint density at radius 2 is 2.33 bits per heavy atom. The number of hydrogen-bond acceptors (Lipinski definition) is 2. The molecule has 4 heteroatoms. The number of hydrogen-bond donors (Lipinski definition) is 1. The van der Waals surface area contributed by atoms with E-state index in [-0.39, 0.29) is 17.8 Å². The Hall–Kier alpha value is -1.84. The van der Waals surface area contributed by atoms with Gasteiger partial charge in [-0.15, -0.1) is 0 Å². The first-order valence-electron chi connectivity index (χ1n) is 5.92.